The highest BCUT2D eigenvalue weighted by molar-refractivity contribution is 5.55. The molecule has 0 aromatic heterocycles. The number of aliphatic hydroxyl groups is 1. The number of ether oxygens (including phenoxy) is 1. The van der Waals surface area contributed by atoms with Crippen molar-refractivity contribution in [3.05, 3.63) is 65.2 Å². The lowest BCUT2D eigenvalue weighted by Gasteiger charge is -2.39. The van der Waals surface area contributed by atoms with Crippen LogP contribution >= 0.6 is 0 Å². The molecule has 0 saturated carbocycles. The molecule has 1 heterocycles. The van der Waals surface area contributed by atoms with Crippen molar-refractivity contribution in [2.75, 3.05) is 18.5 Å². The number of para-hydroxylation sites is 1. The van der Waals surface area contributed by atoms with Gasteiger partial charge in [-0.2, -0.15) is 0 Å². The third kappa shape index (κ3) is 2.19. The monoisotopic (exact) mass is 269 g/mol. The Morgan fingerprint density at radius 3 is 2.70 bits per heavy atom. The van der Waals surface area contributed by atoms with E-state index < -0.39 is 5.54 Å². The summed E-state index contributed by atoms with van der Waals surface area (Å²) >= 11 is 0. The van der Waals surface area contributed by atoms with Crippen molar-refractivity contribution in [3.8, 4) is 0 Å². The van der Waals surface area contributed by atoms with Gasteiger partial charge < -0.3 is 15.2 Å². The molecule has 0 radical (unpaired) electrons. The number of fused-ring (bicyclic) bond motifs is 1. The molecule has 1 atom stereocenters. The largest absolute Gasteiger partial charge is 0.393 e. The fraction of sp³-hybridized carbons (Fsp3) is 0.294. The van der Waals surface area contributed by atoms with Gasteiger partial charge >= 0.3 is 0 Å². The van der Waals surface area contributed by atoms with E-state index >= 15 is 0 Å². The van der Waals surface area contributed by atoms with Gasteiger partial charge in [0.1, 0.15) is 5.54 Å². The van der Waals surface area contributed by atoms with Gasteiger partial charge in [-0.3, -0.25) is 0 Å². The van der Waals surface area contributed by atoms with Crippen LogP contribution in [0.25, 0.3) is 0 Å². The minimum Gasteiger partial charge on any atom is -0.393 e. The van der Waals surface area contributed by atoms with Gasteiger partial charge in [-0.25, -0.2) is 0 Å². The van der Waals surface area contributed by atoms with Crippen LogP contribution in [0.1, 0.15) is 16.7 Å². The lowest BCUT2D eigenvalue weighted by molar-refractivity contribution is 0.0357. The summed E-state index contributed by atoms with van der Waals surface area (Å²) in [6.45, 7) is 3.13. The van der Waals surface area contributed by atoms with Crippen LogP contribution in [0.3, 0.4) is 0 Å². The molecule has 1 unspecified atom stereocenters. The number of benzene rings is 2. The molecule has 0 saturated heterocycles. The van der Waals surface area contributed by atoms with E-state index in [0.717, 1.165) is 22.4 Å². The average molecular weight is 269 g/mol. The molecule has 2 aromatic carbocycles. The minimum absolute atomic E-state index is 0.00164. The van der Waals surface area contributed by atoms with Gasteiger partial charge in [-0.1, -0.05) is 42.5 Å². The summed E-state index contributed by atoms with van der Waals surface area (Å²) in [6, 6.07) is 16.2. The number of anilines is 1. The van der Waals surface area contributed by atoms with Crippen molar-refractivity contribution in [2.24, 2.45) is 0 Å². The molecule has 3 heteroatoms. The van der Waals surface area contributed by atoms with Crippen molar-refractivity contribution in [1.82, 2.24) is 0 Å². The fourth-order valence-corrected chi connectivity index (χ4v) is 2.77. The van der Waals surface area contributed by atoms with Crippen LogP contribution in [0.2, 0.25) is 0 Å². The molecule has 3 rings (SSSR count). The zero-order valence-corrected chi connectivity index (χ0v) is 11.6. The molecular weight excluding hydrogens is 250 g/mol. The molecule has 0 aliphatic carbocycles. The van der Waals surface area contributed by atoms with Crippen LogP contribution in [-0.4, -0.2) is 18.3 Å². The van der Waals surface area contributed by atoms with Crippen molar-refractivity contribution in [3.63, 3.8) is 0 Å². The highest BCUT2D eigenvalue weighted by atomic mass is 16.5. The zero-order valence-electron chi connectivity index (χ0n) is 11.6. The fourth-order valence-electron chi connectivity index (χ4n) is 2.77. The van der Waals surface area contributed by atoms with Gasteiger partial charge in [0.05, 0.1) is 19.8 Å². The topological polar surface area (TPSA) is 41.5 Å². The van der Waals surface area contributed by atoms with E-state index in [0.29, 0.717) is 13.2 Å². The molecule has 0 spiro atoms. The maximum Gasteiger partial charge on any atom is 0.110 e. The molecule has 3 nitrogen and oxygen atoms in total. The lowest BCUT2D eigenvalue weighted by atomic mass is 9.85. The third-order valence-corrected chi connectivity index (χ3v) is 3.93. The summed E-state index contributed by atoms with van der Waals surface area (Å²) in [5.41, 5.74) is 3.87. The number of aryl methyl sites for hydroxylation is 1. The Kier molecular flexibility index (Phi) is 3.47. The van der Waals surface area contributed by atoms with E-state index in [2.05, 4.69) is 30.4 Å². The van der Waals surface area contributed by atoms with E-state index in [4.69, 9.17) is 4.74 Å². The number of nitrogens with one attached hydrogen (secondary N) is 1. The molecule has 104 valence electrons. The van der Waals surface area contributed by atoms with Gasteiger partial charge in [0.25, 0.3) is 0 Å². The Morgan fingerprint density at radius 2 is 1.90 bits per heavy atom. The summed E-state index contributed by atoms with van der Waals surface area (Å²) < 4.78 is 5.69. The number of aliphatic hydroxyl groups excluding tert-OH is 1. The summed E-state index contributed by atoms with van der Waals surface area (Å²) in [5, 5.41) is 13.5. The normalized spacial score (nSPS) is 21.3. The van der Waals surface area contributed by atoms with E-state index in [-0.39, 0.29) is 6.61 Å². The van der Waals surface area contributed by atoms with Crippen molar-refractivity contribution >= 4 is 5.69 Å². The Bertz CT molecular complexity index is 611. The van der Waals surface area contributed by atoms with Crippen LogP contribution in [0.5, 0.6) is 0 Å². The first kappa shape index (κ1) is 13.2. The van der Waals surface area contributed by atoms with Crippen molar-refractivity contribution in [2.45, 2.75) is 19.1 Å². The van der Waals surface area contributed by atoms with Crippen LogP contribution in [0.4, 0.5) is 5.69 Å². The Labute approximate surface area is 119 Å². The first-order chi connectivity index (χ1) is 9.75. The third-order valence-electron chi connectivity index (χ3n) is 3.93. The molecule has 2 N–H and O–H groups in total. The smallest absolute Gasteiger partial charge is 0.110 e. The molecule has 0 bridgehead atoms. The quantitative estimate of drug-likeness (QED) is 0.900. The molecule has 0 fully saturated rings. The molecule has 1 aliphatic heterocycles. The van der Waals surface area contributed by atoms with E-state index in [1.54, 1.807) is 0 Å². The molecule has 1 aliphatic rings. The highest BCUT2D eigenvalue weighted by Crippen LogP contribution is 2.34. The molecule has 2 aromatic rings. The van der Waals surface area contributed by atoms with Crippen LogP contribution in [-0.2, 0) is 16.9 Å². The first-order valence-corrected chi connectivity index (χ1v) is 6.86. The van der Waals surface area contributed by atoms with Crippen LogP contribution in [0.15, 0.2) is 48.5 Å². The van der Waals surface area contributed by atoms with Gasteiger partial charge in [-0.05, 0) is 29.7 Å². The van der Waals surface area contributed by atoms with Crippen LogP contribution < -0.4 is 5.32 Å². The molecule has 0 amide bonds. The van der Waals surface area contributed by atoms with Gasteiger partial charge in [-0.15, -0.1) is 0 Å². The predicted octanol–water partition coefficient (Wildman–Crippen LogP) is 2.82. The Balaban J connectivity index is 2.03. The molecule has 20 heavy (non-hydrogen) atoms. The van der Waals surface area contributed by atoms with Crippen molar-refractivity contribution in [1.29, 1.82) is 0 Å². The second kappa shape index (κ2) is 5.27. The van der Waals surface area contributed by atoms with E-state index in [1.807, 2.05) is 30.3 Å². The maximum absolute atomic E-state index is 10.00. The Hall–Kier alpha value is -1.84. The lowest BCUT2D eigenvalue weighted by Crippen LogP contribution is -2.46. The number of hydrogen-bond donors (Lipinski definition) is 2. The summed E-state index contributed by atoms with van der Waals surface area (Å²) in [4.78, 5) is 0. The van der Waals surface area contributed by atoms with E-state index in [1.165, 1.54) is 0 Å². The summed E-state index contributed by atoms with van der Waals surface area (Å²) in [5.74, 6) is 0. The van der Waals surface area contributed by atoms with Crippen molar-refractivity contribution < 1.29 is 9.84 Å². The first-order valence-electron chi connectivity index (χ1n) is 6.86. The standard InChI is InChI=1S/C17H19NO2/c1-13-6-2-5-9-16(13)18-17(11-19)12-20-10-14-7-3-4-8-15(14)17/h2-9,18-19H,10-12H2,1H3. The maximum atomic E-state index is 10.00. The predicted molar refractivity (Wildman–Crippen MR) is 79.7 cm³/mol. The zero-order chi connectivity index (χ0) is 14.0. The number of rotatable bonds is 3. The van der Waals surface area contributed by atoms with Crippen LogP contribution in [0, 0.1) is 6.92 Å². The summed E-state index contributed by atoms with van der Waals surface area (Å²) in [7, 11) is 0. The SMILES string of the molecule is Cc1ccccc1NC1(CO)COCc2ccccc21. The summed E-state index contributed by atoms with van der Waals surface area (Å²) in [6.07, 6.45) is 0. The second-order valence-corrected chi connectivity index (χ2v) is 5.33. The van der Waals surface area contributed by atoms with Gasteiger partial charge in [0.15, 0.2) is 0 Å². The van der Waals surface area contributed by atoms with E-state index in [9.17, 15) is 5.11 Å². The highest BCUT2D eigenvalue weighted by Gasteiger charge is 2.37. The molecular formula is C17H19NO2. The second-order valence-electron chi connectivity index (χ2n) is 5.33. The van der Waals surface area contributed by atoms with Gasteiger partial charge in [0.2, 0.25) is 0 Å². The Morgan fingerprint density at radius 1 is 1.15 bits per heavy atom. The van der Waals surface area contributed by atoms with Gasteiger partial charge in [0, 0.05) is 5.69 Å². The number of hydrogen-bond acceptors (Lipinski definition) is 3. The average Bonchev–Trinajstić information content (AvgIpc) is 2.50. The minimum atomic E-state index is -0.568.